The summed E-state index contributed by atoms with van der Waals surface area (Å²) in [6.07, 6.45) is 3.18. The van der Waals surface area contributed by atoms with E-state index in [1.165, 1.54) is 30.5 Å². The molecule has 178 valence electrons. The molecule has 4 rings (SSSR count). The first kappa shape index (κ1) is 23.4. The van der Waals surface area contributed by atoms with Gasteiger partial charge in [0.1, 0.15) is 11.4 Å². The molecule has 1 amide bonds. The lowest BCUT2D eigenvalue weighted by atomic mass is 9.79. The maximum atomic E-state index is 15.0. The number of nitrogens with one attached hydrogen (secondary N) is 1. The van der Waals surface area contributed by atoms with E-state index in [4.69, 9.17) is 4.42 Å². The first-order valence-corrected chi connectivity index (χ1v) is 11.2. The predicted molar refractivity (Wildman–Crippen MR) is 129 cm³/mol. The van der Waals surface area contributed by atoms with Crippen LogP contribution in [-0.4, -0.2) is 29.1 Å². The fourth-order valence-electron chi connectivity index (χ4n) is 4.74. The largest absolute Gasteiger partial charge is 0.451 e. The van der Waals surface area contributed by atoms with Gasteiger partial charge in [-0.25, -0.2) is 9.82 Å². The summed E-state index contributed by atoms with van der Waals surface area (Å²) in [4.78, 5) is 25.1. The summed E-state index contributed by atoms with van der Waals surface area (Å²) in [6.45, 7) is 9.45. The van der Waals surface area contributed by atoms with E-state index in [0.29, 0.717) is 11.0 Å². The zero-order valence-electron chi connectivity index (χ0n) is 19.6. The molecule has 0 fully saturated rings. The second kappa shape index (κ2) is 8.89. The normalized spacial score (nSPS) is 17.2. The van der Waals surface area contributed by atoms with Crippen molar-refractivity contribution in [3.05, 3.63) is 69.2 Å². The van der Waals surface area contributed by atoms with Crippen LogP contribution in [0.1, 0.15) is 68.1 Å². The van der Waals surface area contributed by atoms with Crippen LogP contribution in [0.3, 0.4) is 0 Å². The van der Waals surface area contributed by atoms with E-state index in [9.17, 15) is 19.3 Å². The first-order chi connectivity index (χ1) is 16.1. The lowest BCUT2D eigenvalue weighted by molar-refractivity contribution is -0.384. The molecular weight excluding hydrogens is 439 g/mol. The average Bonchev–Trinajstić information content (AvgIpc) is 3.20. The molecule has 1 aromatic heterocycles. The van der Waals surface area contributed by atoms with E-state index in [2.05, 4.69) is 43.1 Å². The van der Waals surface area contributed by atoms with Crippen LogP contribution in [0.15, 0.2) is 45.9 Å². The number of non-ortho nitro benzene ring substituents is 1. The average molecular weight is 467 g/mol. The summed E-state index contributed by atoms with van der Waals surface area (Å²) >= 11 is 0. The Labute approximate surface area is 196 Å². The number of carbonyl (C=O) groups is 1. The van der Waals surface area contributed by atoms with E-state index in [1.807, 2.05) is 0 Å². The lowest BCUT2D eigenvalue weighted by Gasteiger charge is -2.47. The summed E-state index contributed by atoms with van der Waals surface area (Å²) in [6, 6.07) is 8.81. The number of halogens is 1. The summed E-state index contributed by atoms with van der Waals surface area (Å²) in [5.41, 5.74) is 4.75. The van der Waals surface area contributed by atoms with Gasteiger partial charge in [0.2, 0.25) is 0 Å². The third-order valence-electron chi connectivity index (χ3n) is 6.26. The van der Waals surface area contributed by atoms with E-state index >= 15 is 0 Å². The van der Waals surface area contributed by atoms with Crippen molar-refractivity contribution in [3.8, 4) is 0 Å². The quantitative estimate of drug-likeness (QED) is 0.283. The van der Waals surface area contributed by atoms with E-state index in [0.717, 1.165) is 30.6 Å². The number of nitro benzene ring substituents is 1. The highest BCUT2D eigenvalue weighted by Crippen LogP contribution is 2.44. The molecule has 0 spiro atoms. The number of nitro groups is 1. The van der Waals surface area contributed by atoms with Gasteiger partial charge in [-0.1, -0.05) is 13.8 Å². The van der Waals surface area contributed by atoms with Crippen molar-refractivity contribution in [2.75, 3.05) is 11.4 Å². The summed E-state index contributed by atoms with van der Waals surface area (Å²) in [5.74, 6) is -0.860. The van der Waals surface area contributed by atoms with Crippen LogP contribution in [0.2, 0.25) is 0 Å². The monoisotopic (exact) mass is 466 g/mol. The smallest absolute Gasteiger partial charge is 0.307 e. The number of carbonyl (C=O) groups excluding carboxylic acids is 1. The van der Waals surface area contributed by atoms with Crippen LogP contribution in [0.5, 0.6) is 0 Å². The number of hydrogen-bond donors (Lipinski definition) is 1. The third-order valence-corrected chi connectivity index (χ3v) is 6.26. The van der Waals surface area contributed by atoms with Crippen LogP contribution in [0.4, 0.5) is 15.8 Å². The second-order valence-corrected chi connectivity index (χ2v) is 9.29. The predicted octanol–water partition coefficient (Wildman–Crippen LogP) is 5.75. The number of fused-ring (bicyclic) bond motifs is 2. The molecule has 0 saturated carbocycles. The molecule has 0 bridgehead atoms. The molecule has 1 aliphatic heterocycles. The molecule has 1 N–H and O–H groups in total. The topological polar surface area (TPSA) is 101 Å². The van der Waals surface area contributed by atoms with Gasteiger partial charge < -0.3 is 9.32 Å². The second-order valence-electron chi connectivity index (χ2n) is 9.29. The van der Waals surface area contributed by atoms with E-state index < -0.39 is 16.6 Å². The highest BCUT2D eigenvalue weighted by molar-refractivity contribution is 5.97. The van der Waals surface area contributed by atoms with Gasteiger partial charge in [-0.3, -0.25) is 14.9 Å². The van der Waals surface area contributed by atoms with Crippen molar-refractivity contribution in [1.29, 1.82) is 0 Å². The Hall–Kier alpha value is -3.75. The minimum atomic E-state index is -0.641. The zero-order chi connectivity index (χ0) is 24.6. The van der Waals surface area contributed by atoms with Crippen molar-refractivity contribution in [1.82, 2.24) is 5.43 Å². The molecule has 0 radical (unpaired) electrons. The van der Waals surface area contributed by atoms with Crippen molar-refractivity contribution < 1.29 is 18.5 Å². The van der Waals surface area contributed by atoms with Gasteiger partial charge in [-0.2, -0.15) is 5.10 Å². The molecule has 0 aliphatic carbocycles. The molecule has 0 saturated heterocycles. The molecule has 34 heavy (non-hydrogen) atoms. The Morgan fingerprint density at radius 1 is 1.35 bits per heavy atom. The summed E-state index contributed by atoms with van der Waals surface area (Å²) in [5, 5.41) is 15.3. The first-order valence-electron chi connectivity index (χ1n) is 11.2. The van der Waals surface area contributed by atoms with Gasteiger partial charge in [0, 0.05) is 40.9 Å². The Bertz CT molecular complexity index is 1300. The van der Waals surface area contributed by atoms with Crippen LogP contribution in [0, 0.1) is 15.9 Å². The number of amides is 1. The Morgan fingerprint density at radius 2 is 2.12 bits per heavy atom. The zero-order valence-corrected chi connectivity index (χ0v) is 19.6. The van der Waals surface area contributed by atoms with Crippen LogP contribution in [-0.2, 0) is 0 Å². The highest BCUT2D eigenvalue weighted by atomic mass is 19.1. The van der Waals surface area contributed by atoms with Crippen molar-refractivity contribution in [3.63, 3.8) is 0 Å². The molecule has 3 aromatic rings. The molecule has 2 aromatic carbocycles. The van der Waals surface area contributed by atoms with E-state index in [1.54, 1.807) is 12.1 Å². The van der Waals surface area contributed by atoms with Gasteiger partial charge >= 0.3 is 5.91 Å². The number of hydrazone groups is 1. The molecular formula is C25H27FN4O4. The number of benzene rings is 2. The summed E-state index contributed by atoms with van der Waals surface area (Å²) in [7, 11) is 0. The number of anilines is 1. The van der Waals surface area contributed by atoms with Crippen molar-refractivity contribution in [2.45, 2.75) is 52.0 Å². The molecule has 1 unspecified atom stereocenters. The number of rotatable bonds is 6. The maximum Gasteiger partial charge on any atom is 0.307 e. The SMILES string of the molecule is CCCN1c2cc(F)c(/C=N\NC(=O)c3cc4cc([N+](=O)[O-])ccc4o3)cc2C(C)CC1(C)C. The minimum absolute atomic E-state index is 0.0513. The fourth-order valence-corrected chi connectivity index (χ4v) is 4.74. The fraction of sp³-hybridized carbons (Fsp3) is 0.360. The molecule has 1 aliphatic rings. The number of nitrogens with zero attached hydrogens (tertiary/aromatic N) is 3. The molecule has 1 atom stereocenters. The third kappa shape index (κ3) is 4.37. The van der Waals surface area contributed by atoms with Crippen molar-refractivity contribution in [2.24, 2.45) is 5.10 Å². The van der Waals surface area contributed by atoms with Gasteiger partial charge in [-0.15, -0.1) is 0 Å². The van der Waals surface area contributed by atoms with Crippen LogP contribution >= 0.6 is 0 Å². The molecule has 9 heteroatoms. The molecule has 8 nitrogen and oxygen atoms in total. The number of hydrogen-bond acceptors (Lipinski definition) is 6. The van der Waals surface area contributed by atoms with Crippen LogP contribution < -0.4 is 10.3 Å². The van der Waals surface area contributed by atoms with E-state index in [-0.39, 0.29) is 28.5 Å². The van der Waals surface area contributed by atoms with Gasteiger partial charge in [0.25, 0.3) is 5.69 Å². The van der Waals surface area contributed by atoms with Gasteiger partial charge in [-0.05, 0) is 62.4 Å². The molecule has 2 heterocycles. The highest BCUT2D eigenvalue weighted by Gasteiger charge is 2.36. The number of furan rings is 1. The summed E-state index contributed by atoms with van der Waals surface area (Å²) < 4.78 is 20.4. The Kier molecular flexibility index (Phi) is 6.12. The van der Waals surface area contributed by atoms with Gasteiger partial charge in [0.05, 0.1) is 11.1 Å². The maximum absolute atomic E-state index is 15.0. The standard InChI is InChI=1S/C25H27FN4O4/c1-5-8-29-21-12-20(26)17(10-19(21)15(2)13-25(29,3)4)14-27-28-24(31)23-11-16-9-18(30(32)33)6-7-22(16)34-23/h6-7,9-12,14-15H,5,8,13H2,1-4H3,(H,28,31)/b27-14-. The van der Waals surface area contributed by atoms with Gasteiger partial charge in [0.15, 0.2) is 5.76 Å². The Morgan fingerprint density at radius 3 is 2.82 bits per heavy atom. The van der Waals surface area contributed by atoms with Crippen LogP contribution in [0.25, 0.3) is 11.0 Å². The minimum Gasteiger partial charge on any atom is -0.451 e. The van der Waals surface area contributed by atoms with Crippen molar-refractivity contribution >= 4 is 34.5 Å². The lowest BCUT2D eigenvalue weighted by Crippen LogP contribution is -2.48. The Balaban J connectivity index is 1.54.